The van der Waals surface area contributed by atoms with Gasteiger partial charge in [-0.25, -0.2) is 14.8 Å². The largest absolute Gasteiger partial charge is 0.478 e. The van der Waals surface area contributed by atoms with Crippen LogP contribution in [0.5, 0.6) is 0 Å². The first-order valence-electron chi connectivity index (χ1n) is 8.63. The molecule has 1 aliphatic heterocycles. The van der Waals surface area contributed by atoms with Crippen LogP contribution in [0.2, 0.25) is 0 Å². The second kappa shape index (κ2) is 6.95. The Morgan fingerprint density at radius 1 is 1.19 bits per heavy atom. The van der Waals surface area contributed by atoms with Crippen molar-refractivity contribution in [3.8, 4) is 11.4 Å². The van der Waals surface area contributed by atoms with E-state index < -0.39 is 5.97 Å². The van der Waals surface area contributed by atoms with Crippen molar-refractivity contribution < 1.29 is 9.90 Å². The first-order valence-corrected chi connectivity index (χ1v) is 8.63. The molecule has 3 aromatic rings. The predicted molar refractivity (Wildman–Crippen MR) is 97.2 cm³/mol. The van der Waals surface area contributed by atoms with Crippen LogP contribution in [0.25, 0.3) is 11.4 Å². The molecule has 0 spiro atoms. The SMILES string of the molecule is O=C(O)c1ccc(N2CCCC(c3nc(-c4ccccc4)n[nH]3)C2)nc1. The van der Waals surface area contributed by atoms with Crippen LogP contribution in [0, 0.1) is 0 Å². The van der Waals surface area contributed by atoms with E-state index in [0.717, 1.165) is 43.1 Å². The maximum atomic E-state index is 11.0. The minimum absolute atomic E-state index is 0.199. The van der Waals surface area contributed by atoms with Gasteiger partial charge in [0.1, 0.15) is 11.6 Å². The molecule has 1 unspecified atom stereocenters. The Labute approximate surface area is 150 Å². The van der Waals surface area contributed by atoms with E-state index in [0.29, 0.717) is 5.82 Å². The minimum Gasteiger partial charge on any atom is -0.478 e. The molecule has 0 bridgehead atoms. The molecule has 0 aliphatic carbocycles. The molecule has 26 heavy (non-hydrogen) atoms. The monoisotopic (exact) mass is 349 g/mol. The Kier molecular flexibility index (Phi) is 4.35. The summed E-state index contributed by atoms with van der Waals surface area (Å²) in [4.78, 5) is 22.1. The summed E-state index contributed by atoms with van der Waals surface area (Å²) in [6.07, 6.45) is 3.46. The molecular formula is C19H19N5O2. The zero-order chi connectivity index (χ0) is 17.9. The number of aromatic carboxylic acids is 1. The second-order valence-corrected chi connectivity index (χ2v) is 6.41. The number of carboxylic acid groups (broad SMARTS) is 1. The fourth-order valence-electron chi connectivity index (χ4n) is 3.28. The third-order valence-electron chi connectivity index (χ3n) is 4.66. The van der Waals surface area contributed by atoms with Gasteiger partial charge in [0.15, 0.2) is 5.82 Å². The lowest BCUT2D eigenvalue weighted by Gasteiger charge is -2.32. The number of pyridine rings is 1. The zero-order valence-corrected chi connectivity index (χ0v) is 14.2. The van der Waals surface area contributed by atoms with E-state index in [2.05, 4.69) is 25.1 Å². The number of H-pyrrole nitrogens is 1. The van der Waals surface area contributed by atoms with Gasteiger partial charge in [0.25, 0.3) is 0 Å². The maximum absolute atomic E-state index is 11.0. The summed E-state index contributed by atoms with van der Waals surface area (Å²) >= 11 is 0. The van der Waals surface area contributed by atoms with E-state index >= 15 is 0 Å². The summed E-state index contributed by atoms with van der Waals surface area (Å²) < 4.78 is 0. The maximum Gasteiger partial charge on any atom is 0.337 e. The van der Waals surface area contributed by atoms with Gasteiger partial charge in [0.05, 0.1) is 5.56 Å². The van der Waals surface area contributed by atoms with Gasteiger partial charge in [-0.05, 0) is 25.0 Å². The molecule has 1 fully saturated rings. The Balaban J connectivity index is 1.50. The average molecular weight is 349 g/mol. The number of benzene rings is 1. The van der Waals surface area contributed by atoms with Crippen LogP contribution in [0.4, 0.5) is 5.82 Å². The second-order valence-electron chi connectivity index (χ2n) is 6.41. The van der Waals surface area contributed by atoms with Crippen molar-refractivity contribution >= 4 is 11.8 Å². The van der Waals surface area contributed by atoms with Gasteiger partial charge >= 0.3 is 5.97 Å². The van der Waals surface area contributed by atoms with Crippen molar-refractivity contribution in [3.05, 3.63) is 60.0 Å². The van der Waals surface area contributed by atoms with E-state index in [1.807, 2.05) is 30.3 Å². The van der Waals surface area contributed by atoms with Gasteiger partial charge in [-0.3, -0.25) is 5.10 Å². The number of nitrogens with zero attached hydrogens (tertiary/aromatic N) is 4. The minimum atomic E-state index is -0.962. The Morgan fingerprint density at radius 2 is 2.04 bits per heavy atom. The van der Waals surface area contributed by atoms with E-state index in [4.69, 9.17) is 5.11 Å². The number of piperidine rings is 1. The fourth-order valence-corrected chi connectivity index (χ4v) is 3.28. The molecule has 1 saturated heterocycles. The van der Waals surface area contributed by atoms with Crippen LogP contribution in [0.1, 0.15) is 34.9 Å². The number of carbonyl (C=O) groups is 1. The number of nitrogens with one attached hydrogen (secondary N) is 1. The smallest absolute Gasteiger partial charge is 0.337 e. The molecule has 2 aromatic heterocycles. The lowest BCUT2D eigenvalue weighted by atomic mass is 9.97. The van der Waals surface area contributed by atoms with Crippen molar-refractivity contribution in [2.45, 2.75) is 18.8 Å². The highest BCUT2D eigenvalue weighted by molar-refractivity contribution is 5.87. The summed E-state index contributed by atoms with van der Waals surface area (Å²) in [5, 5.41) is 16.4. The summed E-state index contributed by atoms with van der Waals surface area (Å²) in [7, 11) is 0. The van der Waals surface area contributed by atoms with Crippen LogP contribution < -0.4 is 4.90 Å². The van der Waals surface area contributed by atoms with Crippen LogP contribution in [0.15, 0.2) is 48.7 Å². The summed E-state index contributed by atoms with van der Waals surface area (Å²) in [6, 6.07) is 13.3. The normalized spacial score (nSPS) is 17.2. The van der Waals surface area contributed by atoms with Crippen molar-refractivity contribution in [2.75, 3.05) is 18.0 Å². The number of hydrogen-bond donors (Lipinski definition) is 2. The summed E-state index contributed by atoms with van der Waals surface area (Å²) in [5.41, 5.74) is 1.19. The number of hydrogen-bond acceptors (Lipinski definition) is 5. The molecule has 2 N–H and O–H groups in total. The third kappa shape index (κ3) is 3.28. The van der Waals surface area contributed by atoms with Gasteiger partial charge in [-0.15, -0.1) is 0 Å². The van der Waals surface area contributed by atoms with E-state index in [9.17, 15) is 4.79 Å². The molecule has 1 aromatic carbocycles. The van der Waals surface area contributed by atoms with Crippen molar-refractivity contribution in [1.29, 1.82) is 0 Å². The first-order chi connectivity index (χ1) is 12.7. The number of aromatic nitrogens is 4. The van der Waals surface area contributed by atoms with Gasteiger partial charge in [0.2, 0.25) is 0 Å². The molecule has 7 nitrogen and oxygen atoms in total. The number of carboxylic acids is 1. The fraction of sp³-hybridized carbons (Fsp3) is 0.263. The van der Waals surface area contributed by atoms with E-state index in [1.54, 1.807) is 12.1 Å². The molecule has 7 heteroatoms. The van der Waals surface area contributed by atoms with Gasteiger partial charge < -0.3 is 10.0 Å². The number of anilines is 1. The third-order valence-corrected chi connectivity index (χ3v) is 4.66. The Bertz CT molecular complexity index is 892. The predicted octanol–water partition coefficient (Wildman–Crippen LogP) is 2.95. The lowest BCUT2D eigenvalue weighted by molar-refractivity contribution is 0.0696. The highest BCUT2D eigenvalue weighted by atomic mass is 16.4. The molecule has 4 rings (SSSR count). The molecule has 1 atom stereocenters. The highest BCUT2D eigenvalue weighted by Gasteiger charge is 2.25. The zero-order valence-electron chi connectivity index (χ0n) is 14.2. The quantitative estimate of drug-likeness (QED) is 0.752. The van der Waals surface area contributed by atoms with Gasteiger partial charge in [0, 0.05) is 30.8 Å². The van der Waals surface area contributed by atoms with Crippen LogP contribution in [-0.4, -0.2) is 44.3 Å². The summed E-state index contributed by atoms with van der Waals surface area (Å²) in [6.45, 7) is 1.68. The summed E-state index contributed by atoms with van der Waals surface area (Å²) in [5.74, 6) is 1.67. The standard InChI is InChI=1S/C19H19N5O2/c25-19(26)14-8-9-16(20-11-14)24-10-4-7-15(12-24)18-21-17(22-23-18)13-5-2-1-3-6-13/h1-3,5-6,8-9,11,15H,4,7,10,12H2,(H,25,26)(H,21,22,23). The Hall–Kier alpha value is -3.22. The van der Waals surface area contributed by atoms with Crippen LogP contribution in [-0.2, 0) is 0 Å². The van der Waals surface area contributed by atoms with E-state index in [1.165, 1.54) is 6.20 Å². The van der Waals surface area contributed by atoms with Crippen molar-refractivity contribution in [3.63, 3.8) is 0 Å². The van der Waals surface area contributed by atoms with E-state index in [-0.39, 0.29) is 11.5 Å². The molecule has 3 heterocycles. The Morgan fingerprint density at radius 3 is 2.77 bits per heavy atom. The lowest BCUT2D eigenvalue weighted by Crippen LogP contribution is -2.35. The molecule has 1 aliphatic rings. The number of rotatable bonds is 4. The molecule has 132 valence electrons. The first kappa shape index (κ1) is 16.3. The molecule has 0 saturated carbocycles. The van der Waals surface area contributed by atoms with Crippen LogP contribution >= 0.6 is 0 Å². The highest BCUT2D eigenvalue weighted by Crippen LogP contribution is 2.28. The molecular weight excluding hydrogens is 330 g/mol. The topological polar surface area (TPSA) is 95.0 Å². The van der Waals surface area contributed by atoms with Gasteiger partial charge in [-0.2, -0.15) is 5.10 Å². The van der Waals surface area contributed by atoms with Crippen molar-refractivity contribution in [2.24, 2.45) is 0 Å². The van der Waals surface area contributed by atoms with Gasteiger partial charge in [-0.1, -0.05) is 30.3 Å². The average Bonchev–Trinajstić information content (AvgIpc) is 3.19. The van der Waals surface area contributed by atoms with Crippen LogP contribution in [0.3, 0.4) is 0 Å². The molecule has 0 radical (unpaired) electrons. The molecule has 0 amide bonds. The van der Waals surface area contributed by atoms with Crippen molar-refractivity contribution in [1.82, 2.24) is 20.2 Å². The number of aromatic amines is 1.